The van der Waals surface area contributed by atoms with Crippen LogP contribution in [-0.2, 0) is 59.0 Å². The highest BCUT2D eigenvalue weighted by Crippen LogP contribution is 2.46. The first-order valence-corrected chi connectivity index (χ1v) is 29.1. The largest absolute Gasteiger partial charge is 0.497 e. The summed E-state index contributed by atoms with van der Waals surface area (Å²) in [6.07, 6.45) is 5.05. The van der Waals surface area contributed by atoms with Crippen LogP contribution in [0.3, 0.4) is 0 Å². The molecule has 19 heteroatoms. The molecule has 0 unspecified atom stereocenters. The van der Waals surface area contributed by atoms with Crippen LogP contribution in [0, 0.1) is 23.7 Å². The van der Waals surface area contributed by atoms with Gasteiger partial charge < -0.3 is 30.2 Å². The van der Waals surface area contributed by atoms with Gasteiger partial charge >= 0.3 is 0 Å². The smallest absolute Gasteiger partial charge is 0.264 e. The number of fused-ring (bicyclic) bond motifs is 1. The number of methoxy groups -OCH3 is 1. The lowest BCUT2D eigenvalue weighted by Crippen LogP contribution is -2.53. The summed E-state index contributed by atoms with van der Waals surface area (Å²) >= 11 is 0. The van der Waals surface area contributed by atoms with Crippen LogP contribution < -0.4 is 39.6 Å². The second-order valence-corrected chi connectivity index (χ2v) is 23.7. The Morgan fingerprint density at radius 1 is 0.633 bits per heavy atom. The van der Waals surface area contributed by atoms with Gasteiger partial charge in [-0.2, -0.15) is 0 Å². The molecule has 2 aliphatic heterocycles. The van der Waals surface area contributed by atoms with Crippen molar-refractivity contribution in [2.45, 2.75) is 66.3 Å². The molecule has 10 rings (SSSR count). The molecule has 0 radical (unpaired) electrons. The average molecular weight is 1110 g/mol. The van der Waals surface area contributed by atoms with Crippen molar-refractivity contribution in [2.75, 3.05) is 33.3 Å². The van der Waals surface area contributed by atoms with E-state index in [2.05, 4.69) is 61.7 Å². The minimum atomic E-state index is -4.24. The molecule has 2 aliphatic carbocycles. The summed E-state index contributed by atoms with van der Waals surface area (Å²) in [5.74, 6) is -1.82. The lowest BCUT2D eigenvalue weighted by molar-refractivity contribution is -0.131. The summed E-state index contributed by atoms with van der Waals surface area (Å²) < 4.78 is 73.6. The molecule has 6 aromatic carbocycles. The minimum absolute atomic E-state index is 0.0984. The third kappa shape index (κ3) is 13.2. The van der Waals surface area contributed by atoms with Crippen LogP contribution in [0.5, 0.6) is 17.2 Å². The van der Waals surface area contributed by atoms with E-state index in [4.69, 9.17) is 14.2 Å². The fourth-order valence-electron chi connectivity index (χ4n) is 10.1. The minimum Gasteiger partial charge on any atom is -0.497 e. The molecule has 4 fully saturated rings. The monoisotopic (exact) mass is 1110 g/mol. The molecular weight excluding hydrogens is 1040 g/mol. The Balaban J connectivity index is 0.000000203. The molecule has 79 heavy (non-hydrogen) atoms. The maximum absolute atomic E-state index is 13.5. The number of hydrogen-bond acceptors (Lipinski definition) is 13. The maximum atomic E-state index is 13.5. The first-order valence-electron chi connectivity index (χ1n) is 26.1. The number of carbonyl (C=O) groups excluding carboxylic acids is 4. The van der Waals surface area contributed by atoms with Crippen LogP contribution in [0.15, 0.2) is 181 Å². The Morgan fingerprint density at radius 3 is 1.66 bits per heavy atom. The first-order chi connectivity index (χ1) is 38.0. The Hall–Kier alpha value is -7.84. The number of carbonyl (C=O) groups is 4. The quantitative estimate of drug-likeness (QED) is 0.0482. The Labute approximate surface area is 460 Å². The maximum Gasteiger partial charge on any atom is 0.264 e. The molecule has 0 aromatic heterocycles. The summed E-state index contributed by atoms with van der Waals surface area (Å²) in [5.41, 5.74) is 0.376. The highest BCUT2D eigenvalue weighted by atomic mass is 32.2. The number of ether oxygens (including phenoxy) is 3. The molecule has 4 aliphatic rings. The predicted molar refractivity (Wildman–Crippen MR) is 298 cm³/mol. The number of nitrogens with one attached hydrogen (secondary N) is 5. The molecule has 412 valence electrons. The van der Waals surface area contributed by atoms with Crippen molar-refractivity contribution in [1.82, 2.24) is 30.3 Å². The standard InChI is InChI=1S/C36H37N3O6S.C24H27N3O5S/c1-3-29-21-36(29,35(41)38-46(42,43)32-14-8-13-31(20-32)45-24-25-9-5-4-6-10-25)37-34(40)28-17-18-39(23-28)22-27-12-7-11-26-19-30(44-2)15-16-33(26)27;1-2-19-14-24(19,26-22(28)18-11-12-25-15-18)23(29)27-33(30,31)21-10-6-9-20(13-21)32-16-17-7-4-3-5-8-17/h3-16,19-20,28-29H,1,17-18,21-24H2,2H3,(H,37,40)(H,38,41);2-10,13,18-19,25H,1,11-12,14-16H2,(H,26,28)(H,27,29)/t28-,29+,36+;18-,19+,24+/m00/s1. The van der Waals surface area contributed by atoms with Crippen LogP contribution in [0.1, 0.15) is 42.4 Å². The normalized spacial score (nSPS) is 22.2. The number of nitrogens with zero attached hydrogens (tertiary/aromatic N) is 1. The van der Waals surface area contributed by atoms with Crippen molar-refractivity contribution in [3.8, 4) is 17.2 Å². The summed E-state index contributed by atoms with van der Waals surface area (Å²) in [7, 11) is -6.77. The van der Waals surface area contributed by atoms with Crippen LogP contribution >= 0.6 is 0 Å². The van der Waals surface area contributed by atoms with Crippen LogP contribution in [-0.4, -0.2) is 89.7 Å². The summed E-state index contributed by atoms with van der Waals surface area (Å²) in [5, 5.41) is 11.0. The van der Waals surface area contributed by atoms with Crippen molar-refractivity contribution in [1.29, 1.82) is 0 Å². The van der Waals surface area contributed by atoms with Gasteiger partial charge in [-0.1, -0.05) is 109 Å². The molecule has 4 amide bonds. The van der Waals surface area contributed by atoms with Gasteiger partial charge in [-0.15, -0.1) is 13.2 Å². The molecular formula is C60H64N6O11S2. The van der Waals surface area contributed by atoms with Crippen LogP contribution in [0.4, 0.5) is 0 Å². The zero-order valence-corrected chi connectivity index (χ0v) is 45.4. The lowest BCUT2D eigenvalue weighted by atomic mass is 10.0. The van der Waals surface area contributed by atoms with E-state index in [0.29, 0.717) is 50.4 Å². The number of likely N-dealkylation sites (tertiary alicyclic amines) is 1. The van der Waals surface area contributed by atoms with E-state index in [1.807, 2.05) is 78.9 Å². The number of hydrogen-bond donors (Lipinski definition) is 5. The lowest BCUT2D eigenvalue weighted by Gasteiger charge is -2.22. The highest BCUT2D eigenvalue weighted by Gasteiger charge is 2.62. The van der Waals surface area contributed by atoms with Gasteiger partial charge in [0.05, 0.1) is 28.7 Å². The molecule has 6 aromatic rings. The Kier molecular flexibility index (Phi) is 17.0. The van der Waals surface area contributed by atoms with E-state index in [1.54, 1.807) is 43.5 Å². The van der Waals surface area contributed by atoms with E-state index < -0.39 is 42.9 Å². The second kappa shape index (κ2) is 24.0. The molecule has 0 bridgehead atoms. The average Bonchev–Trinajstić information content (AvgIpc) is 4.38. The molecule has 0 spiro atoms. The van der Waals surface area contributed by atoms with Gasteiger partial charge in [-0.05, 0) is 103 Å². The van der Waals surface area contributed by atoms with Gasteiger partial charge in [-0.25, -0.2) is 26.3 Å². The number of sulfonamides is 2. The second-order valence-electron chi connectivity index (χ2n) is 20.3. The topological polar surface area (TPSA) is 228 Å². The zero-order chi connectivity index (χ0) is 55.8. The van der Waals surface area contributed by atoms with Crippen LogP contribution in [0.2, 0.25) is 0 Å². The summed E-state index contributed by atoms with van der Waals surface area (Å²) in [4.78, 5) is 54.6. The van der Waals surface area contributed by atoms with Gasteiger partial charge in [0.2, 0.25) is 11.8 Å². The van der Waals surface area contributed by atoms with Gasteiger partial charge in [0.15, 0.2) is 0 Å². The molecule has 2 heterocycles. The zero-order valence-electron chi connectivity index (χ0n) is 43.8. The fraction of sp³-hybridized carbons (Fsp3) is 0.300. The van der Waals surface area contributed by atoms with E-state index >= 15 is 0 Å². The van der Waals surface area contributed by atoms with Gasteiger partial charge in [0.1, 0.15) is 41.5 Å². The third-order valence-corrected chi connectivity index (χ3v) is 17.6. The number of benzene rings is 6. The molecule has 6 atom stereocenters. The van der Waals surface area contributed by atoms with E-state index in [0.717, 1.165) is 46.3 Å². The van der Waals surface area contributed by atoms with Crippen molar-refractivity contribution in [3.63, 3.8) is 0 Å². The summed E-state index contributed by atoms with van der Waals surface area (Å²) in [6, 6.07) is 43.1. The van der Waals surface area contributed by atoms with Gasteiger partial charge in [0, 0.05) is 43.6 Å². The highest BCUT2D eigenvalue weighted by molar-refractivity contribution is 7.90. The fourth-order valence-corrected chi connectivity index (χ4v) is 12.2. The number of amides is 4. The number of rotatable bonds is 21. The van der Waals surface area contributed by atoms with E-state index in [-0.39, 0.29) is 64.9 Å². The van der Waals surface area contributed by atoms with Crippen molar-refractivity contribution in [3.05, 3.63) is 188 Å². The van der Waals surface area contributed by atoms with E-state index in [1.165, 1.54) is 24.3 Å². The molecule has 5 N–H and O–H groups in total. The van der Waals surface area contributed by atoms with Gasteiger partial charge in [0.25, 0.3) is 31.9 Å². The van der Waals surface area contributed by atoms with Crippen molar-refractivity contribution < 1.29 is 50.2 Å². The Bertz CT molecular complexity index is 3470. The first kappa shape index (κ1) is 55.9. The van der Waals surface area contributed by atoms with Crippen LogP contribution in [0.25, 0.3) is 10.8 Å². The SMILES string of the molecule is C=C[C@@H]1C[C@]1(NC(=O)[C@H]1CCN(Cc2cccc3cc(OC)ccc23)C1)C(=O)NS(=O)(=O)c1cccc(OCc2ccccc2)c1.C=C[C@@H]1C[C@]1(NC(=O)[C@H]1CCNC1)C(=O)NS(=O)(=O)c1cccc(OCc2ccccc2)c1. The predicted octanol–water partition coefficient (Wildman–Crippen LogP) is 6.56. The van der Waals surface area contributed by atoms with Crippen molar-refractivity contribution >= 4 is 54.4 Å². The molecule has 17 nitrogen and oxygen atoms in total. The molecule has 2 saturated heterocycles. The van der Waals surface area contributed by atoms with E-state index in [9.17, 15) is 36.0 Å². The van der Waals surface area contributed by atoms with Crippen molar-refractivity contribution in [2.24, 2.45) is 23.7 Å². The summed E-state index contributed by atoms with van der Waals surface area (Å²) in [6.45, 7) is 11.3. The Morgan fingerprint density at radius 2 is 1.16 bits per heavy atom. The third-order valence-electron chi connectivity index (χ3n) is 14.9. The van der Waals surface area contributed by atoms with Gasteiger partial charge in [-0.3, -0.25) is 24.1 Å². The molecule has 2 saturated carbocycles.